The summed E-state index contributed by atoms with van der Waals surface area (Å²) in [5, 5.41) is 3.02. The Hall–Kier alpha value is -2.49. The van der Waals surface area contributed by atoms with Crippen LogP contribution in [0, 0.1) is 0 Å². The maximum absolute atomic E-state index is 12.5. The number of nitrogens with one attached hydrogen (secondary N) is 1. The van der Waals surface area contributed by atoms with Gasteiger partial charge in [0.25, 0.3) is 5.91 Å². The average Bonchev–Trinajstić information content (AvgIpc) is 2.74. The number of benzene rings is 2. The zero-order valence-electron chi connectivity index (χ0n) is 17.3. The fourth-order valence-corrected chi connectivity index (χ4v) is 4.40. The second-order valence-electron chi connectivity index (χ2n) is 6.08. The van der Waals surface area contributed by atoms with E-state index in [1.165, 1.54) is 48.9 Å². The van der Waals surface area contributed by atoms with E-state index >= 15 is 0 Å². The van der Waals surface area contributed by atoms with Crippen molar-refractivity contribution in [2.75, 3.05) is 39.2 Å². The lowest BCUT2D eigenvalue weighted by molar-refractivity contribution is -0.118. The Balaban J connectivity index is 2.04. The molecule has 164 valence electrons. The minimum absolute atomic E-state index is 0.168. The summed E-state index contributed by atoms with van der Waals surface area (Å²) in [6.07, 6.45) is 0. The quantitative estimate of drug-likeness (QED) is 0.588. The van der Waals surface area contributed by atoms with Crippen molar-refractivity contribution in [2.45, 2.75) is 18.7 Å². The Morgan fingerprint density at radius 1 is 1.03 bits per heavy atom. The second kappa shape index (κ2) is 10.5. The average molecular weight is 457 g/mol. The van der Waals surface area contributed by atoms with Crippen molar-refractivity contribution in [1.82, 2.24) is 4.31 Å². The molecule has 1 N–H and O–H groups in total. The largest absolute Gasteiger partial charge is 0.495 e. The summed E-state index contributed by atoms with van der Waals surface area (Å²) in [6, 6.07) is 9.00. The highest BCUT2D eigenvalue weighted by atomic mass is 35.5. The van der Waals surface area contributed by atoms with Crippen molar-refractivity contribution in [3.05, 3.63) is 41.4 Å². The van der Waals surface area contributed by atoms with E-state index < -0.39 is 15.9 Å². The number of amides is 1. The zero-order valence-corrected chi connectivity index (χ0v) is 18.8. The first-order valence-electron chi connectivity index (χ1n) is 9.21. The van der Waals surface area contributed by atoms with Crippen molar-refractivity contribution < 1.29 is 27.4 Å². The minimum Gasteiger partial charge on any atom is -0.495 e. The van der Waals surface area contributed by atoms with Crippen molar-refractivity contribution in [3.63, 3.8) is 0 Å². The van der Waals surface area contributed by atoms with Gasteiger partial charge in [-0.15, -0.1) is 0 Å². The standard InChI is InChI=1S/C20H25ClN2O6S/c1-5-23(6-2)30(25,26)15-9-7-14(8-10-15)29-13-20(24)22-17-12-18(27-3)16(21)11-19(17)28-4/h7-12H,5-6,13H2,1-4H3,(H,22,24). The van der Waals surface area contributed by atoms with Gasteiger partial charge in [-0.3, -0.25) is 4.79 Å². The van der Waals surface area contributed by atoms with E-state index in [2.05, 4.69) is 5.32 Å². The predicted molar refractivity (Wildman–Crippen MR) is 115 cm³/mol. The highest BCUT2D eigenvalue weighted by molar-refractivity contribution is 7.89. The van der Waals surface area contributed by atoms with Crippen LogP contribution < -0.4 is 19.5 Å². The van der Waals surface area contributed by atoms with Crippen LogP contribution in [0.15, 0.2) is 41.3 Å². The summed E-state index contributed by atoms with van der Waals surface area (Å²) in [5.74, 6) is 0.695. The van der Waals surface area contributed by atoms with E-state index in [4.69, 9.17) is 25.8 Å². The molecule has 10 heteroatoms. The Bertz CT molecular complexity index is 976. The number of carbonyl (C=O) groups excluding carboxylic acids is 1. The summed E-state index contributed by atoms with van der Waals surface area (Å²) in [6.45, 7) is 4.05. The number of sulfonamides is 1. The van der Waals surface area contributed by atoms with Gasteiger partial charge in [0.05, 0.1) is 29.8 Å². The van der Waals surface area contributed by atoms with Gasteiger partial charge in [0.15, 0.2) is 6.61 Å². The monoisotopic (exact) mass is 456 g/mol. The molecule has 1 amide bonds. The topological polar surface area (TPSA) is 94.2 Å². The molecule has 0 fully saturated rings. The number of ether oxygens (including phenoxy) is 3. The third kappa shape index (κ3) is 5.56. The Morgan fingerprint density at radius 2 is 1.63 bits per heavy atom. The molecule has 0 saturated heterocycles. The Morgan fingerprint density at radius 3 is 2.17 bits per heavy atom. The summed E-state index contributed by atoms with van der Waals surface area (Å²) in [5.41, 5.74) is 0.382. The Labute approximate surface area is 181 Å². The van der Waals surface area contributed by atoms with Gasteiger partial charge in [-0.05, 0) is 24.3 Å². The Kier molecular flexibility index (Phi) is 8.33. The van der Waals surface area contributed by atoms with Crippen LogP contribution in [0.5, 0.6) is 17.2 Å². The van der Waals surface area contributed by atoms with Crippen molar-refractivity contribution >= 4 is 33.2 Å². The molecule has 0 saturated carbocycles. The minimum atomic E-state index is -3.55. The molecule has 0 spiro atoms. The summed E-state index contributed by atoms with van der Waals surface area (Å²) in [4.78, 5) is 12.4. The second-order valence-corrected chi connectivity index (χ2v) is 8.43. The number of hydrogen-bond donors (Lipinski definition) is 1. The van der Waals surface area contributed by atoms with E-state index in [1.54, 1.807) is 19.9 Å². The first kappa shape index (κ1) is 23.8. The third-order valence-corrected chi connectivity index (χ3v) is 6.64. The molecule has 0 aliphatic carbocycles. The molecule has 0 unspecified atom stereocenters. The van der Waals surface area contributed by atoms with Crippen LogP contribution in [0.1, 0.15) is 13.8 Å². The summed E-state index contributed by atoms with van der Waals surface area (Å²) in [7, 11) is -0.625. The van der Waals surface area contributed by atoms with Gasteiger partial charge in [0.2, 0.25) is 10.0 Å². The predicted octanol–water partition coefficient (Wildman–Crippen LogP) is 3.41. The fraction of sp³-hybridized carbons (Fsp3) is 0.350. The smallest absolute Gasteiger partial charge is 0.262 e. The van der Waals surface area contributed by atoms with E-state index in [0.29, 0.717) is 41.0 Å². The van der Waals surface area contributed by atoms with Gasteiger partial charge in [-0.2, -0.15) is 4.31 Å². The van der Waals surface area contributed by atoms with E-state index in [-0.39, 0.29) is 11.5 Å². The number of carbonyl (C=O) groups is 1. The van der Waals surface area contributed by atoms with Gasteiger partial charge >= 0.3 is 0 Å². The SMILES string of the molecule is CCN(CC)S(=O)(=O)c1ccc(OCC(=O)Nc2cc(OC)c(Cl)cc2OC)cc1. The van der Waals surface area contributed by atoms with Gasteiger partial charge in [-0.25, -0.2) is 8.42 Å². The zero-order chi connectivity index (χ0) is 22.3. The molecule has 0 atom stereocenters. The van der Waals surface area contributed by atoms with Gasteiger partial charge in [0, 0.05) is 25.2 Å². The number of halogens is 1. The van der Waals surface area contributed by atoms with E-state index in [9.17, 15) is 13.2 Å². The number of methoxy groups -OCH3 is 2. The lowest BCUT2D eigenvalue weighted by atomic mass is 10.2. The van der Waals surface area contributed by atoms with Gasteiger partial charge < -0.3 is 19.5 Å². The molecular formula is C20H25ClN2O6S. The van der Waals surface area contributed by atoms with Crippen LogP contribution in [0.2, 0.25) is 5.02 Å². The van der Waals surface area contributed by atoms with Gasteiger partial charge in [-0.1, -0.05) is 25.4 Å². The molecule has 0 radical (unpaired) electrons. The molecule has 30 heavy (non-hydrogen) atoms. The molecule has 0 aromatic heterocycles. The summed E-state index contributed by atoms with van der Waals surface area (Å²) < 4.78 is 42.2. The van der Waals surface area contributed by atoms with Crippen LogP contribution >= 0.6 is 11.6 Å². The molecule has 0 heterocycles. The first-order chi connectivity index (χ1) is 14.3. The maximum Gasteiger partial charge on any atom is 0.262 e. The molecule has 2 rings (SSSR count). The highest BCUT2D eigenvalue weighted by Crippen LogP contribution is 2.35. The van der Waals surface area contributed by atoms with Crippen LogP contribution in [0.25, 0.3) is 0 Å². The third-order valence-electron chi connectivity index (χ3n) is 4.28. The summed E-state index contributed by atoms with van der Waals surface area (Å²) >= 11 is 6.05. The lowest BCUT2D eigenvalue weighted by Gasteiger charge is -2.18. The lowest BCUT2D eigenvalue weighted by Crippen LogP contribution is -2.30. The molecule has 0 aliphatic heterocycles. The molecule has 2 aromatic carbocycles. The fourth-order valence-electron chi connectivity index (χ4n) is 2.71. The molecular weight excluding hydrogens is 432 g/mol. The van der Waals surface area contributed by atoms with Crippen LogP contribution in [0.3, 0.4) is 0 Å². The molecule has 2 aromatic rings. The maximum atomic E-state index is 12.5. The van der Waals surface area contributed by atoms with Gasteiger partial charge in [0.1, 0.15) is 17.2 Å². The number of anilines is 1. The van der Waals surface area contributed by atoms with Crippen molar-refractivity contribution in [1.29, 1.82) is 0 Å². The van der Waals surface area contributed by atoms with E-state index in [1.807, 2.05) is 0 Å². The first-order valence-corrected chi connectivity index (χ1v) is 11.0. The van der Waals surface area contributed by atoms with Crippen molar-refractivity contribution in [2.24, 2.45) is 0 Å². The molecule has 0 aliphatic rings. The number of hydrogen-bond acceptors (Lipinski definition) is 6. The van der Waals surface area contributed by atoms with Crippen LogP contribution in [-0.2, 0) is 14.8 Å². The van der Waals surface area contributed by atoms with Crippen molar-refractivity contribution in [3.8, 4) is 17.2 Å². The van der Waals surface area contributed by atoms with E-state index in [0.717, 1.165) is 0 Å². The molecule has 0 bridgehead atoms. The normalized spacial score (nSPS) is 11.3. The molecule has 8 nitrogen and oxygen atoms in total. The van der Waals surface area contributed by atoms with Crippen LogP contribution in [-0.4, -0.2) is 52.5 Å². The highest BCUT2D eigenvalue weighted by Gasteiger charge is 2.21. The van der Waals surface area contributed by atoms with Crippen LogP contribution in [0.4, 0.5) is 5.69 Å². The number of rotatable bonds is 10. The number of nitrogens with zero attached hydrogens (tertiary/aromatic N) is 1.